The van der Waals surface area contributed by atoms with Crippen molar-refractivity contribution in [2.75, 3.05) is 13.7 Å². The van der Waals surface area contributed by atoms with Gasteiger partial charge in [0.05, 0.1) is 18.3 Å². The number of nitrogens with one attached hydrogen (secondary N) is 1. The molecule has 3 rings (SSSR count). The van der Waals surface area contributed by atoms with Gasteiger partial charge in [0.25, 0.3) is 5.91 Å². The zero-order valence-electron chi connectivity index (χ0n) is 17.0. The monoisotopic (exact) mass is 492 g/mol. The smallest absolute Gasteiger partial charge is 0.277 e. The maximum Gasteiger partial charge on any atom is 0.277 e. The van der Waals surface area contributed by atoms with Gasteiger partial charge in [0.15, 0.2) is 18.1 Å². The van der Waals surface area contributed by atoms with E-state index < -0.39 is 5.91 Å². The van der Waals surface area contributed by atoms with E-state index in [4.69, 9.17) is 49.0 Å². The highest BCUT2D eigenvalue weighted by Gasteiger charge is 2.13. The molecule has 0 atom stereocenters. The maximum atomic E-state index is 11.9. The first kappa shape index (κ1) is 23.7. The van der Waals surface area contributed by atoms with Crippen LogP contribution >= 0.6 is 34.8 Å². The van der Waals surface area contributed by atoms with Gasteiger partial charge in [-0.2, -0.15) is 5.10 Å². The molecule has 0 aliphatic carbocycles. The van der Waals surface area contributed by atoms with E-state index in [1.165, 1.54) is 13.3 Å². The fraction of sp³-hybridized carbons (Fsp3) is 0.130. The Bertz CT molecular complexity index is 1100. The fourth-order valence-corrected chi connectivity index (χ4v) is 3.20. The summed E-state index contributed by atoms with van der Waals surface area (Å²) in [6.45, 7) is 0.0325. The summed E-state index contributed by atoms with van der Waals surface area (Å²) >= 11 is 18.3. The average molecular weight is 494 g/mol. The normalized spacial score (nSPS) is 10.8. The molecule has 9 heteroatoms. The molecule has 1 amide bonds. The van der Waals surface area contributed by atoms with Gasteiger partial charge in [0, 0.05) is 15.6 Å². The van der Waals surface area contributed by atoms with Crippen molar-refractivity contribution in [1.29, 1.82) is 0 Å². The van der Waals surface area contributed by atoms with Gasteiger partial charge >= 0.3 is 0 Å². The number of methoxy groups -OCH3 is 1. The third kappa shape index (κ3) is 6.79. The van der Waals surface area contributed by atoms with Gasteiger partial charge in [-0.05, 0) is 48.0 Å². The topological polar surface area (TPSA) is 69.2 Å². The number of nitrogens with zero attached hydrogens (tertiary/aromatic N) is 1. The number of rotatable bonds is 9. The number of carbonyl (C=O) groups excluding carboxylic acids is 1. The van der Waals surface area contributed by atoms with Crippen molar-refractivity contribution in [3.8, 4) is 17.2 Å². The predicted octanol–water partition coefficient (Wildman–Crippen LogP) is 5.76. The number of halogens is 3. The van der Waals surface area contributed by atoms with E-state index in [2.05, 4.69) is 10.5 Å². The molecule has 0 aromatic heterocycles. The lowest BCUT2D eigenvalue weighted by Gasteiger charge is -2.14. The molecule has 3 aromatic carbocycles. The number of carbonyl (C=O) groups is 1. The molecule has 0 radical (unpaired) electrons. The van der Waals surface area contributed by atoms with Crippen LogP contribution in [0.4, 0.5) is 0 Å². The van der Waals surface area contributed by atoms with Gasteiger partial charge in [-0.15, -0.1) is 0 Å². The molecule has 0 aliphatic rings. The minimum Gasteiger partial charge on any atom is -0.493 e. The molecule has 0 unspecified atom stereocenters. The summed E-state index contributed by atoms with van der Waals surface area (Å²) in [6.07, 6.45) is 1.44. The summed E-state index contributed by atoms with van der Waals surface area (Å²) in [7, 11) is 1.50. The molecule has 0 saturated heterocycles. The van der Waals surface area contributed by atoms with E-state index in [1.54, 1.807) is 42.5 Å². The van der Waals surface area contributed by atoms with Crippen LogP contribution in [0.5, 0.6) is 17.2 Å². The Hall–Kier alpha value is -2.93. The minimum absolute atomic E-state index is 0.197. The van der Waals surface area contributed by atoms with E-state index >= 15 is 0 Å². The molecule has 6 nitrogen and oxygen atoms in total. The van der Waals surface area contributed by atoms with Crippen molar-refractivity contribution in [1.82, 2.24) is 5.43 Å². The van der Waals surface area contributed by atoms with Gasteiger partial charge in [-0.1, -0.05) is 53.0 Å². The highest BCUT2D eigenvalue weighted by Crippen LogP contribution is 2.37. The second-order valence-electron chi connectivity index (χ2n) is 6.45. The van der Waals surface area contributed by atoms with E-state index in [0.717, 1.165) is 5.56 Å². The largest absolute Gasteiger partial charge is 0.493 e. The summed E-state index contributed by atoms with van der Waals surface area (Å²) in [5.41, 5.74) is 3.81. The molecule has 0 saturated carbocycles. The Morgan fingerprint density at radius 3 is 2.47 bits per heavy atom. The van der Waals surface area contributed by atoms with Crippen molar-refractivity contribution in [3.63, 3.8) is 0 Å². The molecule has 0 bridgehead atoms. The van der Waals surface area contributed by atoms with Crippen LogP contribution in [0.3, 0.4) is 0 Å². The molecular weight excluding hydrogens is 475 g/mol. The van der Waals surface area contributed by atoms with Gasteiger partial charge in [0.2, 0.25) is 0 Å². The molecule has 0 heterocycles. The Morgan fingerprint density at radius 2 is 1.75 bits per heavy atom. The number of benzene rings is 3. The van der Waals surface area contributed by atoms with Crippen LogP contribution in [-0.4, -0.2) is 25.8 Å². The lowest BCUT2D eigenvalue weighted by atomic mass is 10.2. The fourth-order valence-electron chi connectivity index (χ4n) is 2.61. The third-order valence-corrected chi connectivity index (χ3v) is 5.07. The number of ether oxygens (including phenoxy) is 3. The second-order valence-corrected chi connectivity index (χ2v) is 7.70. The number of hydrogen-bond acceptors (Lipinski definition) is 5. The molecule has 32 heavy (non-hydrogen) atoms. The molecule has 166 valence electrons. The Labute approximate surface area is 200 Å². The van der Waals surface area contributed by atoms with Gasteiger partial charge in [0.1, 0.15) is 12.4 Å². The van der Waals surface area contributed by atoms with E-state index in [9.17, 15) is 4.79 Å². The highest BCUT2D eigenvalue weighted by atomic mass is 35.5. The van der Waals surface area contributed by atoms with Crippen LogP contribution in [0.1, 0.15) is 11.1 Å². The zero-order chi connectivity index (χ0) is 22.9. The Kier molecular flexibility index (Phi) is 8.62. The standard InChI is InChI=1S/C23H19Cl3N2O4/c1-30-21-11-15(10-20(26)23(21)32-13-16-4-2-3-5-19(16)25)12-27-28-22(29)14-31-18-8-6-17(24)7-9-18/h2-12H,13-14H2,1H3,(H,28,29)/b27-12-. The molecule has 0 fully saturated rings. The Balaban J connectivity index is 1.58. The maximum absolute atomic E-state index is 11.9. The molecule has 0 aliphatic heterocycles. The molecule has 3 aromatic rings. The van der Waals surface area contributed by atoms with E-state index in [-0.39, 0.29) is 13.2 Å². The summed E-state index contributed by atoms with van der Waals surface area (Å²) in [4.78, 5) is 11.9. The lowest BCUT2D eigenvalue weighted by molar-refractivity contribution is -0.123. The molecular formula is C23H19Cl3N2O4. The SMILES string of the molecule is COc1cc(/C=N\NC(=O)COc2ccc(Cl)cc2)cc(Cl)c1OCc1ccccc1Cl. The van der Waals surface area contributed by atoms with Crippen LogP contribution in [0.25, 0.3) is 0 Å². The van der Waals surface area contributed by atoms with Crippen LogP contribution in [0.15, 0.2) is 65.8 Å². The summed E-state index contributed by atoms with van der Waals surface area (Å²) in [6, 6.07) is 17.4. The third-order valence-electron chi connectivity index (χ3n) is 4.17. The second kappa shape index (κ2) is 11.6. The van der Waals surface area contributed by atoms with Gasteiger partial charge < -0.3 is 14.2 Å². The van der Waals surface area contributed by atoms with Crippen molar-refractivity contribution >= 4 is 46.9 Å². The predicted molar refractivity (Wildman–Crippen MR) is 126 cm³/mol. The first-order chi connectivity index (χ1) is 15.5. The van der Waals surface area contributed by atoms with Crippen molar-refractivity contribution in [2.24, 2.45) is 5.10 Å². The van der Waals surface area contributed by atoms with Crippen molar-refractivity contribution in [3.05, 3.63) is 86.9 Å². The average Bonchev–Trinajstić information content (AvgIpc) is 2.78. The van der Waals surface area contributed by atoms with Gasteiger partial charge in [-0.25, -0.2) is 5.43 Å². The number of hydrogen-bond donors (Lipinski definition) is 1. The van der Waals surface area contributed by atoms with Crippen LogP contribution < -0.4 is 19.6 Å². The van der Waals surface area contributed by atoms with Crippen LogP contribution in [-0.2, 0) is 11.4 Å². The first-order valence-corrected chi connectivity index (χ1v) is 10.5. The highest BCUT2D eigenvalue weighted by molar-refractivity contribution is 6.32. The van der Waals surface area contributed by atoms with Crippen LogP contribution in [0, 0.1) is 0 Å². The quantitative estimate of drug-likeness (QED) is 0.304. The summed E-state index contributed by atoms with van der Waals surface area (Å²) in [5, 5.41) is 5.43. The Morgan fingerprint density at radius 1 is 1.00 bits per heavy atom. The zero-order valence-corrected chi connectivity index (χ0v) is 19.2. The van der Waals surface area contributed by atoms with E-state index in [0.29, 0.717) is 37.9 Å². The van der Waals surface area contributed by atoms with Crippen molar-refractivity contribution < 1.29 is 19.0 Å². The van der Waals surface area contributed by atoms with Gasteiger partial charge in [-0.3, -0.25) is 4.79 Å². The molecule has 0 spiro atoms. The lowest BCUT2D eigenvalue weighted by Crippen LogP contribution is -2.24. The van der Waals surface area contributed by atoms with E-state index in [1.807, 2.05) is 18.2 Å². The number of amides is 1. The molecule has 1 N–H and O–H groups in total. The first-order valence-electron chi connectivity index (χ1n) is 9.40. The minimum atomic E-state index is -0.422. The van der Waals surface area contributed by atoms with Crippen LogP contribution in [0.2, 0.25) is 15.1 Å². The summed E-state index contributed by atoms with van der Waals surface area (Å²) in [5.74, 6) is 0.904. The van der Waals surface area contributed by atoms with Crippen molar-refractivity contribution in [2.45, 2.75) is 6.61 Å². The number of hydrazone groups is 1. The summed E-state index contributed by atoms with van der Waals surface area (Å²) < 4.78 is 16.6.